The van der Waals surface area contributed by atoms with Crippen molar-refractivity contribution in [1.82, 2.24) is 14.9 Å². The first-order valence-corrected chi connectivity index (χ1v) is 8.21. The van der Waals surface area contributed by atoms with Gasteiger partial charge in [0, 0.05) is 26.2 Å². The number of hydrogen-bond donors (Lipinski definition) is 0. The molecule has 2 aliphatic heterocycles. The molecule has 0 atom stereocenters. The van der Waals surface area contributed by atoms with Crippen molar-refractivity contribution in [2.45, 2.75) is 44.9 Å². The highest BCUT2D eigenvalue weighted by atomic mass is 16.2. The van der Waals surface area contributed by atoms with Crippen LogP contribution in [-0.2, 0) is 0 Å². The zero-order valence-electron chi connectivity index (χ0n) is 12.6. The average Bonchev–Trinajstić information content (AvgIpc) is 2.84. The Kier molecular flexibility index (Phi) is 4.68. The Morgan fingerprint density at radius 1 is 0.810 bits per heavy atom. The van der Waals surface area contributed by atoms with E-state index in [2.05, 4.69) is 14.9 Å². The van der Waals surface area contributed by atoms with Gasteiger partial charge in [0.05, 0.1) is 12.4 Å². The van der Waals surface area contributed by atoms with Gasteiger partial charge in [-0.3, -0.25) is 4.79 Å². The van der Waals surface area contributed by atoms with Gasteiger partial charge in [0.1, 0.15) is 11.5 Å². The molecule has 2 saturated heterocycles. The first kappa shape index (κ1) is 14.3. The van der Waals surface area contributed by atoms with Crippen molar-refractivity contribution in [3.05, 3.63) is 18.1 Å². The van der Waals surface area contributed by atoms with E-state index in [1.165, 1.54) is 32.1 Å². The first-order valence-electron chi connectivity index (χ1n) is 8.21. The summed E-state index contributed by atoms with van der Waals surface area (Å²) in [6, 6.07) is 0. The number of anilines is 1. The second-order valence-electron chi connectivity index (χ2n) is 6.01. The fraction of sp³-hybridized carbons (Fsp3) is 0.688. The molecular weight excluding hydrogens is 264 g/mol. The van der Waals surface area contributed by atoms with E-state index in [-0.39, 0.29) is 5.91 Å². The highest BCUT2D eigenvalue weighted by Gasteiger charge is 2.20. The molecule has 1 aromatic rings. The Labute approximate surface area is 126 Å². The molecule has 5 nitrogen and oxygen atoms in total. The summed E-state index contributed by atoms with van der Waals surface area (Å²) in [5.41, 5.74) is 0.482. The quantitative estimate of drug-likeness (QED) is 0.839. The van der Waals surface area contributed by atoms with Crippen LogP contribution in [0.2, 0.25) is 0 Å². The molecule has 0 spiro atoms. The minimum atomic E-state index is 0.0321. The second-order valence-corrected chi connectivity index (χ2v) is 6.01. The summed E-state index contributed by atoms with van der Waals surface area (Å²) in [7, 11) is 0. The van der Waals surface area contributed by atoms with Crippen molar-refractivity contribution >= 4 is 11.7 Å². The van der Waals surface area contributed by atoms with Crippen LogP contribution in [0.25, 0.3) is 0 Å². The third kappa shape index (κ3) is 3.52. The summed E-state index contributed by atoms with van der Waals surface area (Å²) in [4.78, 5) is 25.4. The van der Waals surface area contributed by atoms with E-state index in [1.54, 1.807) is 12.4 Å². The lowest BCUT2D eigenvalue weighted by molar-refractivity contribution is 0.0718. The van der Waals surface area contributed by atoms with Crippen LogP contribution in [0.5, 0.6) is 0 Å². The maximum atomic E-state index is 12.4. The van der Waals surface area contributed by atoms with Gasteiger partial charge in [-0.05, 0) is 32.1 Å². The number of carbonyl (C=O) groups is 1. The van der Waals surface area contributed by atoms with Crippen molar-refractivity contribution < 1.29 is 4.79 Å². The number of nitrogens with zero attached hydrogens (tertiary/aromatic N) is 4. The summed E-state index contributed by atoms with van der Waals surface area (Å²) in [6.45, 7) is 3.81. The normalized spacial score (nSPS) is 20.2. The van der Waals surface area contributed by atoms with Crippen LogP contribution >= 0.6 is 0 Å². The van der Waals surface area contributed by atoms with E-state index in [4.69, 9.17) is 0 Å². The van der Waals surface area contributed by atoms with Crippen molar-refractivity contribution in [2.75, 3.05) is 31.1 Å². The van der Waals surface area contributed by atoms with Gasteiger partial charge in [-0.25, -0.2) is 9.97 Å². The van der Waals surface area contributed by atoms with Crippen LogP contribution in [-0.4, -0.2) is 47.0 Å². The van der Waals surface area contributed by atoms with Crippen molar-refractivity contribution in [3.8, 4) is 0 Å². The summed E-state index contributed by atoms with van der Waals surface area (Å²) in [5, 5.41) is 0. The van der Waals surface area contributed by atoms with Gasteiger partial charge in [0.15, 0.2) is 0 Å². The topological polar surface area (TPSA) is 49.3 Å². The maximum absolute atomic E-state index is 12.4. The Morgan fingerprint density at radius 2 is 1.43 bits per heavy atom. The van der Waals surface area contributed by atoms with Crippen LogP contribution in [0.3, 0.4) is 0 Å². The van der Waals surface area contributed by atoms with Gasteiger partial charge in [0.2, 0.25) is 0 Å². The highest BCUT2D eigenvalue weighted by molar-refractivity contribution is 5.92. The maximum Gasteiger partial charge on any atom is 0.274 e. The minimum Gasteiger partial charge on any atom is -0.355 e. The molecule has 5 heteroatoms. The van der Waals surface area contributed by atoms with Gasteiger partial charge in [0.25, 0.3) is 5.91 Å². The highest BCUT2D eigenvalue weighted by Crippen LogP contribution is 2.17. The van der Waals surface area contributed by atoms with Crippen molar-refractivity contribution in [2.24, 2.45) is 0 Å². The van der Waals surface area contributed by atoms with E-state index in [0.717, 1.165) is 44.8 Å². The van der Waals surface area contributed by atoms with Crippen LogP contribution in [0.1, 0.15) is 55.4 Å². The largest absolute Gasteiger partial charge is 0.355 e. The van der Waals surface area contributed by atoms with Crippen LogP contribution in [0.15, 0.2) is 12.4 Å². The third-order valence-electron chi connectivity index (χ3n) is 4.43. The van der Waals surface area contributed by atoms with Crippen LogP contribution in [0, 0.1) is 0 Å². The average molecular weight is 288 g/mol. The number of rotatable bonds is 2. The number of amides is 1. The second kappa shape index (κ2) is 6.87. The number of hydrogen-bond acceptors (Lipinski definition) is 4. The van der Waals surface area contributed by atoms with E-state index < -0.39 is 0 Å². The molecule has 114 valence electrons. The molecule has 0 saturated carbocycles. The van der Waals surface area contributed by atoms with Gasteiger partial charge in [-0.15, -0.1) is 0 Å². The smallest absolute Gasteiger partial charge is 0.274 e. The van der Waals surface area contributed by atoms with Gasteiger partial charge < -0.3 is 9.80 Å². The molecule has 2 aliphatic rings. The fourth-order valence-electron chi connectivity index (χ4n) is 3.15. The zero-order chi connectivity index (χ0) is 14.5. The monoisotopic (exact) mass is 288 g/mol. The SMILES string of the molecule is O=C(c1cnc(N2CCCCCC2)cn1)N1CCCCC1. The number of carbonyl (C=O) groups excluding carboxylic acids is 1. The molecule has 0 aliphatic carbocycles. The summed E-state index contributed by atoms with van der Waals surface area (Å²) in [6.07, 6.45) is 11.9. The van der Waals surface area contributed by atoms with Gasteiger partial charge in [-0.1, -0.05) is 12.8 Å². The fourth-order valence-corrected chi connectivity index (χ4v) is 3.15. The predicted octanol–water partition coefficient (Wildman–Crippen LogP) is 2.48. The Balaban J connectivity index is 1.66. The molecule has 0 radical (unpaired) electrons. The Morgan fingerprint density at radius 3 is 2.05 bits per heavy atom. The summed E-state index contributed by atoms with van der Waals surface area (Å²) < 4.78 is 0. The van der Waals surface area contributed by atoms with E-state index in [9.17, 15) is 4.79 Å². The molecule has 0 N–H and O–H groups in total. The minimum absolute atomic E-state index is 0.0321. The molecule has 0 unspecified atom stereocenters. The molecule has 2 fully saturated rings. The molecule has 3 heterocycles. The Hall–Kier alpha value is -1.65. The van der Waals surface area contributed by atoms with Gasteiger partial charge in [-0.2, -0.15) is 0 Å². The Bertz CT molecular complexity index is 460. The third-order valence-corrected chi connectivity index (χ3v) is 4.43. The summed E-state index contributed by atoms with van der Waals surface area (Å²) in [5.74, 6) is 0.941. The molecule has 3 rings (SSSR count). The van der Waals surface area contributed by atoms with E-state index >= 15 is 0 Å². The van der Waals surface area contributed by atoms with E-state index in [0.29, 0.717) is 5.69 Å². The molecule has 0 bridgehead atoms. The van der Waals surface area contributed by atoms with Crippen molar-refractivity contribution in [1.29, 1.82) is 0 Å². The van der Waals surface area contributed by atoms with Crippen LogP contribution < -0.4 is 4.90 Å². The number of piperidine rings is 1. The van der Waals surface area contributed by atoms with Crippen molar-refractivity contribution in [3.63, 3.8) is 0 Å². The summed E-state index contributed by atoms with van der Waals surface area (Å²) >= 11 is 0. The lowest BCUT2D eigenvalue weighted by Crippen LogP contribution is -2.36. The first-order chi connectivity index (χ1) is 10.3. The zero-order valence-corrected chi connectivity index (χ0v) is 12.6. The predicted molar refractivity (Wildman–Crippen MR) is 82.5 cm³/mol. The molecule has 0 aromatic carbocycles. The van der Waals surface area contributed by atoms with Gasteiger partial charge >= 0.3 is 0 Å². The molecular formula is C16H24N4O. The van der Waals surface area contributed by atoms with Crippen LogP contribution in [0.4, 0.5) is 5.82 Å². The molecule has 21 heavy (non-hydrogen) atoms. The molecule has 1 aromatic heterocycles. The lowest BCUT2D eigenvalue weighted by atomic mass is 10.1. The number of aromatic nitrogens is 2. The molecule has 1 amide bonds. The number of likely N-dealkylation sites (tertiary alicyclic amines) is 1. The lowest BCUT2D eigenvalue weighted by Gasteiger charge is -2.26. The van der Waals surface area contributed by atoms with E-state index in [1.807, 2.05) is 4.90 Å². The standard InChI is InChI=1S/C16H24N4O/c21-16(20-10-6-3-7-11-20)14-12-18-15(13-17-14)19-8-4-1-2-5-9-19/h12-13H,1-11H2.